The minimum atomic E-state index is -0.248. The van der Waals surface area contributed by atoms with Gasteiger partial charge in [0.15, 0.2) is 0 Å². The zero-order valence-corrected chi connectivity index (χ0v) is 29.5. The lowest BCUT2D eigenvalue weighted by Gasteiger charge is -2.27. The van der Waals surface area contributed by atoms with Gasteiger partial charge in [-0.25, -0.2) is 4.39 Å². The molecule has 52 heavy (non-hydrogen) atoms. The maximum atomic E-state index is 13.9. The van der Waals surface area contributed by atoms with E-state index in [0.717, 1.165) is 72.8 Å². The molecule has 0 fully saturated rings. The molecule has 4 heteroatoms. The Hall–Kier alpha value is -6.65. The first-order valence-corrected chi connectivity index (χ1v) is 17.4. The number of anilines is 4. The van der Waals surface area contributed by atoms with Crippen LogP contribution in [0, 0.1) is 5.82 Å². The van der Waals surface area contributed by atoms with Gasteiger partial charge in [-0.1, -0.05) is 92.0 Å². The Kier molecular flexibility index (Phi) is 9.81. The Morgan fingerprint density at radius 2 is 1.13 bits per heavy atom. The number of benzene rings is 6. The van der Waals surface area contributed by atoms with Crippen LogP contribution in [0.2, 0.25) is 0 Å². The van der Waals surface area contributed by atoms with E-state index < -0.39 is 0 Å². The molecule has 0 amide bonds. The molecule has 7 rings (SSSR count). The van der Waals surface area contributed by atoms with Crippen molar-refractivity contribution in [3.8, 4) is 16.8 Å². The van der Waals surface area contributed by atoms with Crippen LogP contribution in [0.25, 0.3) is 38.6 Å². The number of allylic oxidation sites excluding steroid dienone is 6. The summed E-state index contributed by atoms with van der Waals surface area (Å²) >= 11 is 0. The van der Waals surface area contributed by atoms with Crippen LogP contribution in [0.5, 0.6) is 0 Å². The second kappa shape index (κ2) is 15.1. The van der Waals surface area contributed by atoms with Crippen molar-refractivity contribution in [1.29, 1.82) is 0 Å². The second-order valence-corrected chi connectivity index (χ2v) is 12.4. The van der Waals surface area contributed by atoms with E-state index in [-0.39, 0.29) is 5.82 Å². The van der Waals surface area contributed by atoms with E-state index >= 15 is 0 Å². The third-order valence-electron chi connectivity index (χ3n) is 9.25. The van der Waals surface area contributed by atoms with Gasteiger partial charge in [0, 0.05) is 50.6 Å². The minimum absolute atomic E-state index is 0.248. The fraction of sp³-hybridized carbons (Fsp3) is 0.0417. The van der Waals surface area contributed by atoms with Gasteiger partial charge < -0.3 is 14.4 Å². The molecule has 1 aromatic heterocycles. The molecule has 0 aliphatic carbocycles. The third kappa shape index (κ3) is 6.50. The van der Waals surface area contributed by atoms with Crippen LogP contribution in [0.1, 0.15) is 13.8 Å². The lowest BCUT2D eigenvalue weighted by Crippen LogP contribution is -2.15. The summed E-state index contributed by atoms with van der Waals surface area (Å²) in [6, 6.07) is 49.3. The predicted molar refractivity (Wildman–Crippen MR) is 220 cm³/mol. The highest BCUT2D eigenvalue weighted by molar-refractivity contribution is 6.10. The van der Waals surface area contributed by atoms with Crippen molar-refractivity contribution in [3.63, 3.8) is 0 Å². The van der Waals surface area contributed by atoms with E-state index in [0.29, 0.717) is 0 Å². The van der Waals surface area contributed by atoms with Crippen molar-refractivity contribution in [2.45, 2.75) is 13.8 Å². The number of para-hydroxylation sites is 2. The van der Waals surface area contributed by atoms with Gasteiger partial charge in [-0.2, -0.15) is 0 Å². The van der Waals surface area contributed by atoms with Crippen LogP contribution in [0.15, 0.2) is 207 Å². The van der Waals surface area contributed by atoms with Gasteiger partial charge in [0.25, 0.3) is 0 Å². The molecule has 3 nitrogen and oxygen atoms in total. The van der Waals surface area contributed by atoms with Crippen molar-refractivity contribution in [2.75, 3.05) is 9.80 Å². The smallest absolute Gasteiger partial charge is 0.123 e. The normalized spacial score (nSPS) is 12.1. The molecule has 0 saturated carbocycles. The molecule has 0 spiro atoms. The highest BCUT2D eigenvalue weighted by atomic mass is 19.1. The van der Waals surface area contributed by atoms with Crippen LogP contribution < -0.4 is 9.80 Å². The number of rotatable bonds is 11. The van der Waals surface area contributed by atoms with Gasteiger partial charge in [0.05, 0.1) is 11.0 Å². The summed E-state index contributed by atoms with van der Waals surface area (Å²) in [5, 5.41) is 2.27. The Balaban J connectivity index is 1.26. The summed E-state index contributed by atoms with van der Waals surface area (Å²) in [4.78, 5) is 4.46. The van der Waals surface area contributed by atoms with Crippen molar-refractivity contribution >= 4 is 44.6 Å². The first-order chi connectivity index (χ1) is 25.5. The lowest BCUT2D eigenvalue weighted by molar-refractivity contribution is 0.627. The van der Waals surface area contributed by atoms with Gasteiger partial charge in [0.2, 0.25) is 0 Å². The summed E-state index contributed by atoms with van der Waals surface area (Å²) in [5.41, 5.74) is 11.5. The Labute approximate surface area is 305 Å². The van der Waals surface area contributed by atoms with Gasteiger partial charge in [0.1, 0.15) is 5.82 Å². The third-order valence-corrected chi connectivity index (χ3v) is 9.25. The number of nitrogens with zero attached hydrogens (tertiary/aromatic N) is 3. The highest BCUT2D eigenvalue weighted by Gasteiger charge is 2.18. The summed E-state index contributed by atoms with van der Waals surface area (Å²) < 4.78 is 16.1. The molecular weight excluding hydrogens is 638 g/mol. The molecule has 0 radical (unpaired) electrons. The molecule has 0 atom stereocenters. The van der Waals surface area contributed by atoms with Gasteiger partial charge in [-0.15, -0.1) is 0 Å². The molecule has 254 valence electrons. The molecule has 0 N–H and O–H groups in total. The van der Waals surface area contributed by atoms with E-state index in [9.17, 15) is 4.39 Å². The van der Waals surface area contributed by atoms with E-state index in [4.69, 9.17) is 0 Å². The largest absolute Gasteiger partial charge is 0.311 e. The first-order valence-electron chi connectivity index (χ1n) is 17.4. The fourth-order valence-corrected chi connectivity index (χ4v) is 6.87. The number of halogens is 1. The fourth-order valence-electron chi connectivity index (χ4n) is 6.87. The Morgan fingerprint density at radius 3 is 1.73 bits per heavy atom. The quantitative estimate of drug-likeness (QED) is 0.126. The number of hydrogen-bond donors (Lipinski definition) is 0. The molecule has 0 bridgehead atoms. The average molecular weight is 678 g/mol. The first kappa shape index (κ1) is 33.8. The van der Waals surface area contributed by atoms with E-state index in [1.54, 1.807) is 6.08 Å². The number of hydrogen-bond acceptors (Lipinski definition) is 2. The summed E-state index contributed by atoms with van der Waals surface area (Å²) in [7, 11) is 0. The van der Waals surface area contributed by atoms with Gasteiger partial charge in [-0.05, 0) is 128 Å². The van der Waals surface area contributed by atoms with Crippen molar-refractivity contribution in [2.24, 2.45) is 0 Å². The topological polar surface area (TPSA) is 11.4 Å². The molecule has 0 unspecified atom stereocenters. The van der Waals surface area contributed by atoms with Gasteiger partial charge >= 0.3 is 0 Å². The molecule has 0 aliphatic heterocycles. The monoisotopic (exact) mass is 677 g/mol. The maximum Gasteiger partial charge on any atom is 0.123 e. The molecule has 6 aromatic carbocycles. The van der Waals surface area contributed by atoms with Crippen LogP contribution >= 0.6 is 0 Å². The summed E-state index contributed by atoms with van der Waals surface area (Å²) in [5.74, 6) is -0.248. The highest BCUT2D eigenvalue weighted by Crippen LogP contribution is 2.39. The van der Waals surface area contributed by atoms with Crippen molar-refractivity contribution < 1.29 is 4.39 Å². The summed E-state index contributed by atoms with van der Waals surface area (Å²) in [6.45, 7) is 12.1. The Morgan fingerprint density at radius 1 is 0.577 bits per heavy atom. The van der Waals surface area contributed by atoms with Crippen LogP contribution in [0.4, 0.5) is 27.1 Å². The molecule has 0 saturated heterocycles. The van der Waals surface area contributed by atoms with E-state index in [1.807, 2.05) is 55.5 Å². The molecule has 1 heterocycles. The standard InChI is InChI=1S/C48H40FN3/c1-5-14-38(7-3)50(40-16-10-9-11-17-40)41-26-20-35(21-27-41)36-22-28-42(29-23-36)51(39(8-4)15-6-2)44-32-33-48-46(34-44)45-18-12-13-19-47(45)52(48)43-30-24-37(49)25-31-43/h5-34H,1,3H2,2,4H3/b15-6-,38-14+,39-8+. The second-order valence-electron chi connectivity index (χ2n) is 12.4. The SMILES string of the molecule is C=C/C=C(\C=C)N(c1ccccc1)c1ccc(-c2ccc(N(C(/C=C\C)=C/C)c3ccc4c(c3)c3ccccc3n4-c3ccc(F)cc3)cc2)cc1. The lowest BCUT2D eigenvalue weighted by atomic mass is 10.0. The molecular formula is C48H40FN3. The van der Waals surface area contributed by atoms with Crippen molar-refractivity contribution in [1.82, 2.24) is 4.57 Å². The van der Waals surface area contributed by atoms with Crippen LogP contribution in [0.3, 0.4) is 0 Å². The number of aromatic nitrogens is 1. The van der Waals surface area contributed by atoms with Crippen LogP contribution in [-0.4, -0.2) is 4.57 Å². The van der Waals surface area contributed by atoms with E-state index in [2.05, 4.69) is 150 Å². The zero-order chi connectivity index (χ0) is 36.0. The van der Waals surface area contributed by atoms with Crippen molar-refractivity contribution in [3.05, 3.63) is 212 Å². The zero-order valence-electron chi connectivity index (χ0n) is 29.5. The number of fused-ring (bicyclic) bond motifs is 3. The van der Waals surface area contributed by atoms with E-state index in [1.165, 1.54) is 12.1 Å². The predicted octanol–water partition coefficient (Wildman–Crippen LogP) is 13.6. The van der Waals surface area contributed by atoms with Crippen LogP contribution in [-0.2, 0) is 0 Å². The Bertz CT molecular complexity index is 2450. The average Bonchev–Trinajstić information content (AvgIpc) is 3.52. The molecule has 0 aliphatic rings. The molecule has 7 aromatic rings. The van der Waals surface area contributed by atoms with Gasteiger partial charge in [-0.3, -0.25) is 0 Å². The maximum absolute atomic E-state index is 13.9. The minimum Gasteiger partial charge on any atom is -0.311 e. The summed E-state index contributed by atoms with van der Waals surface area (Å²) in [6.07, 6.45) is 11.9.